The summed E-state index contributed by atoms with van der Waals surface area (Å²) in [5.41, 5.74) is 0. The van der Waals surface area contributed by atoms with E-state index in [0.29, 0.717) is 26.3 Å². The summed E-state index contributed by atoms with van der Waals surface area (Å²) in [5, 5.41) is 0. The Balaban J connectivity index is 2.28. The molecular formula is C7H12F2INO. The summed E-state index contributed by atoms with van der Waals surface area (Å²) in [4.78, 5) is 1.75. The van der Waals surface area contributed by atoms with Gasteiger partial charge in [-0.2, -0.15) is 0 Å². The van der Waals surface area contributed by atoms with Gasteiger partial charge in [0, 0.05) is 13.1 Å². The van der Waals surface area contributed by atoms with Gasteiger partial charge in [-0.1, -0.05) is 22.6 Å². The largest absolute Gasteiger partial charge is 0.379 e. The summed E-state index contributed by atoms with van der Waals surface area (Å²) in [6, 6.07) is 0. The highest BCUT2D eigenvalue weighted by Crippen LogP contribution is 2.18. The van der Waals surface area contributed by atoms with Crippen molar-refractivity contribution in [3.05, 3.63) is 0 Å². The highest BCUT2D eigenvalue weighted by atomic mass is 127. The Morgan fingerprint density at radius 2 is 1.92 bits per heavy atom. The highest BCUT2D eigenvalue weighted by molar-refractivity contribution is 14.1. The fraction of sp³-hybridized carbons (Fsp3) is 1.00. The Morgan fingerprint density at radius 3 is 2.42 bits per heavy atom. The fourth-order valence-corrected chi connectivity index (χ4v) is 1.37. The van der Waals surface area contributed by atoms with Gasteiger partial charge in [0.05, 0.1) is 24.2 Å². The third-order valence-corrected chi connectivity index (χ3v) is 2.87. The molecule has 0 aromatic carbocycles. The molecule has 5 heteroatoms. The minimum Gasteiger partial charge on any atom is -0.379 e. The normalized spacial score (nSPS) is 21.2. The Labute approximate surface area is 84.4 Å². The lowest BCUT2D eigenvalue weighted by Crippen LogP contribution is -2.44. The molecule has 0 aliphatic carbocycles. The first-order valence-corrected chi connectivity index (χ1v) is 5.40. The number of nitrogens with zero attached hydrogens (tertiary/aromatic N) is 1. The maximum absolute atomic E-state index is 12.8. The van der Waals surface area contributed by atoms with Crippen LogP contribution in [-0.4, -0.2) is 48.1 Å². The highest BCUT2D eigenvalue weighted by Gasteiger charge is 2.30. The second-order valence-electron chi connectivity index (χ2n) is 2.88. The zero-order chi connectivity index (χ0) is 9.03. The van der Waals surface area contributed by atoms with E-state index in [9.17, 15) is 8.78 Å². The number of ether oxygens (including phenoxy) is 1. The maximum atomic E-state index is 12.8. The fourth-order valence-electron chi connectivity index (χ4n) is 1.13. The Bertz CT molecular complexity index is 139. The maximum Gasteiger partial charge on any atom is 0.269 e. The molecule has 1 saturated heterocycles. The molecule has 1 aliphatic heterocycles. The van der Waals surface area contributed by atoms with Crippen molar-refractivity contribution in [2.45, 2.75) is 5.92 Å². The van der Waals surface area contributed by atoms with E-state index in [4.69, 9.17) is 4.74 Å². The summed E-state index contributed by atoms with van der Waals surface area (Å²) in [6.07, 6.45) is 0. The molecule has 0 N–H and O–H groups in total. The molecule has 0 bridgehead atoms. The van der Waals surface area contributed by atoms with Gasteiger partial charge in [0.1, 0.15) is 0 Å². The monoisotopic (exact) mass is 291 g/mol. The molecular weight excluding hydrogens is 279 g/mol. The molecule has 0 aromatic rings. The number of halogens is 3. The van der Waals surface area contributed by atoms with Crippen LogP contribution in [0.25, 0.3) is 0 Å². The van der Waals surface area contributed by atoms with E-state index < -0.39 is 5.92 Å². The lowest BCUT2D eigenvalue weighted by Gasteiger charge is -2.29. The average Bonchev–Trinajstić information content (AvgIpc) is 2.06. The van der Waals surface area contributed by atoms with E-state index >= 15 is 0 Å². The average molecular weight is 291 g/mol. The number of alkyl halides is 3. The molecule has 72 valence electrons. The first-order chi connectivity index (χ1) is 5.64. The van der Waals surface area contributed by atoms with Crippen LogP contribution in [0.2, 0.25) is 0 Å². The summed E-state index contributed by atoms with van der Waals surface area (Å²) in [5.74, 6) is -2.54. The summed E-state index contributed by atoms with van der Waals surface area (Å²) < 4.78 is 30.6. The lowest BCUT2D eigenvalue weighted by molar-refractivity contribution is -0.0395. The number of hydrogen-bond donors (Lipinski definition) is 0. The van der Waals surface area contributed by atoms with Gasteiger partial charge in [-0.25, -0.2) is 8.78 Å². The van der Waals surface area contributed by atoms with E-state index in [2.05, 4.69) is 0 Å². The van der Waals surface area contributed by atoms with Crippen molar-refractivity contribution < 1.29 is 13.5 Å². The van der Waals surface area contributed by atoms with Gasteiger partial charge < -0.3 is 4.74 Å². The molecule has 0 aromatic heterocycles. The van der Waals surface area contributed by atoms with Crippen LogP contribution in [0.15, 0.2) is 0 Å². The van der Waals surface area contributed by atoms with Gasteiger partial charge in [-0.3, -0.25) is 4.90 Å². The predicted molar refractivity (Wildman–Crippen MR) is 51.1 cm³/mol. The van der Waals surface area contributed by atoms with Gasteiger partial charge in [0.25, 0.3) is 5.92 Å². The van der Waals surface area contributed by atoms with Crippen molar-refractivity contribution in [1.29, 1.82) is 0 Å². The topological polar surface area (TPSA) is 12.5 Å². The van der Waals surface area contributed by atoms with Gasteiger partial charge in [0.2, 0.25) is 0 Å². The molecule has 2 nitrogen and oxygen atoms in total. The number of hydrogen-bond acceptors (Lipinski definition) is 2. The Hall–Kier alpha value is 0.510. The van der Waals surface area contributed by atoms with Crippen molar-refractivity contribution in [2.75, 3.05) is 37.3 Å². The van der Waals surface area contributed by atoms with Crippen molar-refractivity contribution in [3.8, 4) is 0 Å². The van der Waals surface area contributed by atoms with Gasteiger partial charge in [-0.15, -0.1) is 0 Å². The number of rotatable bonds is 3. The smallest absolute Gasteiger partial charge is 0.269 e. The zero-order valence-corrected chi connectivity index (χ0v) is 8.89. The quantitative estimate of drug-likeness (QED) is 0.575. The first kappa shape index (κ1) is 10.6. The van der Waals surface area contributed by atoms with Gasteiger partial charge in [-0.05, 0) is 0 Å². The molecule has 12 heavy (non-hydrogen) atoms. The van der Waals surface area contributed by atoms with Crippen molar-refractivity contribution in [1.82, 2.24) is 4.90 Å². The Morgan fingerprint density at radius 1 is 1.33 bits per heavy atom. The van der Waals surface area contributed by atoms with E-state index in [0.717, 1.165) is 0 Å². The lowest BCUT2D eigenvalue weighted by atomic mass is 10.3. The van der Waals surface area contributed by atoms with Crippen molar-refractivity contribution >= 4 is 22.6 Å². The molecule has 0 unspecified atom stereocenters. The predicted octanol–water partition coefficient (Wildman–Crippen LogP) is 1.39. The second-order valence-corrected chi connectivity index (χ2v) is 3.64. The van der Waals surface area contributed by atoms with Gasteiger partial charge >= 0.3 is 0 Å². The molecule has 1 aliphatic rings. The number of morpholine rings is 1. The summed E-state index contributed by atoms with van der Waals surface area (Å²) in [6.45, 7) is 2.30. The summed E-state index contributed by atoms with van der Waals surface area (Å²) in [7, 11) is 0. The van der Waals surface area contributed by atoms with Crippen LogP contribution >= 0.6 is 22.6 Å². The minimum absolute atomic E-state index is 0.109. The van der Waals surface area contributed by atoms with Crippen LogP contribution < -0.4 is 0 Å². The van der Waals surface area contributed by atoms with Crippen LogP contribution in [0, 0.1) is 0 Å². The van der Waals surface area contributed by atoms with Crippen molar-refractivity contribution in [3.63, 3.8) is 0 Å². The molecule has 0 spiro atoms. The van der Waals surface area contributed by atoms with E-state index in [1.165, 1.54) is 0 Å². The van der Waals surface area contributed by atoms with E-state index in [1.54, 1.807) is 27.5 Å². The van der Waals surface area contributed by atoms with Gasteiger partial charge in [0.15, 0.2) is 0 Å². The minimum atomic E-state index is -2.54. The standard InChI is InChI=1S/C7H12F2INO/c8-7(9,5-10)6-11-1-3-12-4-2-11/h1-6H2. The van der Waals surface area contributed by atoms with Crippen LogP contribution in [-0.2, 0) is 4.74 Å². The molecule has 0 radical (unpaired) electrons. The zero-order valence-electron chi connectivity index (χ0n) is 6.73. The third-order valence-electron chi connectivity index (χ3n) is 1.75. The second kappa shape index (κ2) is 4.66. The SMILES string of the molecule is FC(F)(CI)CN1CCOCC1. The Kier molecular flexibility index (Phi) is 4.12. The molecule has 0 saturated carbocycles. The van der Waals surface area contributed by atoms with E-state index in [-0.39, 0.29) is 11.0 Å². The van der Waals surface area contributed by atoms with Crippen molar-refractivity contribution in [2.24, 2.45) is 0 Å². The molecule has 1 rings (SSSR count). The van der Waals surface area contributed by atoms with Crippen LogP contribution in [0.3, 0.4) is 0 Å². The molecule has 1 fully saturated rings. The van der Waals surface area contributed by atoms with E-state index in [1.807, 2.05) is 0 Å². The third kappa shape index (κ3) is 3.49. The molecule has 0 atom stereocenters. The molecule has 1 heterocycles. The van der Waals surface area contributed by atoms with Crippen LogP contribution in [0.1, 0.15) is 0 Å². The molecule has 0 amide bonds. The summed E-state index contributed by atoms with van der Waals surface area (Å²) >= 11 is 1.72. The van der Waals surface area contributed by atoms with Crippen LogP contribution in [0.5, 0.6) is 0 Å². The first-order valence-electron chi connectivity index (χ1n) is 3.88. The van der Waals surface area contributed by atoms with Crippen LogP contribution in [0.4, 0.5) is 8.78 Å².